The van der Waals surface area contributed by atoms with Gasteiger partial charge in [0.15, 0.2) is 0 Å². The van der Waals surface area contributed by atoms with E-state index < -0.39 is 0 Å². The zero-order valence-electron chi connectivity index (χ0n) is 14.9. The molecule has 1 saturated heterocycles. The van der Waals surface area contributed by atoms with Gasteiger partial charge >= 0.3 is 0 Å². The van der Waals surface area contributed by atoms with E-state index in [1.165, 1.54) is 0 Å². The maximum absolute atomic E-state index is 12.5. The van der Waals surface area contributed by atoms with E-state index in [-0.39, 0.29) is 17.7 Å². The molecule has 0 unspecified atom stereocenters. The Hall–Kier alpha value is -3.22. The maximum atomic E-state index is 12.5. The molecule has 7 heteroatoms. The van der Waals surface area contributed by atoms with E-state index in [0.717, 1.165) is 16.9 Å². The number of nitrogens with one attached hydrogen (secondary N) is 2. The number of amides is 2. The molecule has 2 N–H and O–H groups in total. The van der Waals surface area contributed by atoms with Crippen LogP contribution >= 0.6 is 0 Å². The average molecular weight is 363 g/mol. The van der Waals surface area contributed by atoms with Crippen molar-refractivity contribution < 1.29 is 9.59 Å². The zero-order valence-corrected chi connectivity index (χ0v) is 14.9. The quantitative estimate of drug-likeness (QED) is 0.743. The van der Waals surface area contributed by atoms with Crippen molar-refractivity contribution in [1.29, 1.82) is 0 Å². The molecule has 0 atom stereocenters. The van der Waals surface area contributed by atoms with Crippen LogP contribution in [0.3, 0.4) is 0 Å². The van der Waals surface area contributed by atoms with Crippen LogP contribution in [0.4, 0.5) is 0 Å². The number of hydrogen-bond acceptors (Lipinski definition) is 4. The minimum Gasteiger partial charge on any atom is -0.349 e. The lowest BCUT2D eigenvalue weighted by Gasteiger charge is -2.31. The summed E-state index contributed by atoms with van der Waals surface area (Å²) in [5.74, 6) is 0.690. The minimum atomic E-state index is -0.0733. The SMILES string of the molecule is O=C(NCc1nc2ccccc2[nH]1)C1CCN(C(=O)c2ccncc2)CC1. The number of hydrogen-bond donors (Lipinski definition) is 2. The number of para-hydroxylation sites is 2. The second-order valence-corrected chi connectivity index (χ2v) is 6.72. The maximum Gasteiger partial charge on any atom is 0.253 e. The molecular formula is C20H21N5O2. The summed E-state index contributed by atoms with van der Waals surface area (Å²) in [5, 5.41) is 2.96. The molecule has 7 nitrogen and oxygen atoms in total. The molecule has 0 bridgehead atoms. The fourth-order valence-corrected chi connectivity index (χ4v) is 3.43. The molecule has 3 heterocycles. The Bertz CT molecular complexity index is 912. The number of benzene rings is 1. The number of rotatable bonds is 4. The summed E-state index contributed by atoms with van der Waals surface area (Å²) in [6.45, 7) is 1.55. The van der Waals surface area contributed by atoms with E-state index in [2.05, 4.69) is 20.3 Å². The van der Waals surface area contributed by atoms with Crippen molar-refractivity contribution in [2.75, 3.05) is 13.1 Å². The number of carbonyl (C=O) groups is 2. The molecule has 2 amide bonds. The Labute approximate surface area is 156 Å². The van der Waals surface area contributed by atoms with Gasteiger partial charge in [-0.25, -0.2) is 4.98 Å². The molecule has 4 rings (SSSR count). The van der Waals surface area contributed by atoms with Crippen molar-refractivity contribution in [3.63, 3.8) is 0 Å². The number of piperidine rings is 1. The Balaban J connectivity index is 1.29. The van der Waals surface area contributed by atoms with Crippen LogP contribution in [0.25, 0.3) is 11.0 Å². The van der Waals surface area contributed by atoms with Gasteiger partial charge in [-0.1, -0.05) is 12.1 Å². The first-order chi connectivity index (χ1) is 13.2. The highest BCUT2D eigenvalue weighted by Crippen LogP contribution is 2.19. The number of H-pyrrole nitrogens is 1. The van der Waals surface area contributed by atoms with Gasteiger partial charge in [-0.3, -0.25) is 14.6 Å². The number of nitrogens with zero attached hydrogens (tertiary/aromatic N) is 3. The summed E-state index contributed by atoms with van der Waals surface area (Å²) in [7, 11) is 0. The Morgan fingerprint density at radius 3 is 2.59 bits per heavy atom. The molecule has 3 aromatic rings. The van der Waals surface area contributed by atoms with Crippen molar-refractivity contribution >= 4 is 22.8 Å². The molecule has 1 fully saturated rings. The lowest BCUT2D eigenvalue weighted by atomic mass is 9.95. The van der Waals surface area contributed by atoms with E-state index in [9.17, 15) is 9.59 Å². The number of pyridine rings is 1. The van der Waals surface area contributed by atoms with Crippen molar-refractivity contribution in [3.8, 4) is 0 Å². The van der Waals surface area contributed by atoms with Crippen LogP contribution in [0.2, 0.25) is 0 Å². The number of aromatic nitrogens is 3. The Morgan fingerprint density at radius 2 is 1.85 bits per heavy atom. The van der Waals surface area contributed by atoms with E-state index in [1.807, 2.05) is 24.3 Å². The third-order valence-electron chi connectivity index (χ3n) is 4.95. The molecule has 0 radical (unpaired) electrons. The summed E-state index contributed by atoms with van der Waals surface area (Å²) in [6.07, 6.45) is 4.57. The molecule has 1 aliphatic rings. The van der Waals surface area contributed by atoms with Gasteiger partial charge in [0.05, 0.1) is 17.6 Å². The number of fused-ring (bicyclic) bond motifs is 1. The van der Waals surface area contributed by atoms with Crippen LogP contribution in [-0.2, 0) is 11.3 Å². The van der Waals surface area contributed by atoms with Crippen LogP contribution in [0.5, 0.6) is 0 Å². The molecule has 27 heavy (non-hydrogen) atoms. The molecule has 0 aliphatic carbocycles. The van der Waals surface area contributed by atoms with Crippen molar-refractivity contribution in [2.24, 2.45) is 5.92 Å². The van der Waals surface area contributed by atoms with Crippen LogP contribution in [0.1, 0.15) is 29.0 Å². The lowest BCUT2D eigenvalue weighted by molar-refractivity contribution is -0.126. The topological polar surface area (TPSA) is 91.0 Å². The predicted molar refractivity (Wildman–Crippen MR) is 101 cm³/mol. The average Bonchev–Trinajstić information content (AvgIpc) is 3.15. The first-order valence-electron chi connectivity index (χ1n) is 9.11. The lowest BCUT2D eigenvalue weighted by Crippen LogP contribution is -2.43. The van der Waals surface area contributed by atoms with Gasteiger partial charge in [0.25, 0.3) is 5.91 Å². The van der Waals surface area contributed by atoms with Gasteiger partial charge in [-0.15, -0.1) is 0 Å². The van der Waals surface area contributed by atoms with E-state index in [1.54, 1.807) is 29.4 Å². The second-order valence-electron chi connectivity index (χ2n) is 6.72. The molecular weight excluding hydrogens is 342 g/mol. The van der Waals surface area contributed by atoms with Crippen LogP contribution < -0.4 is 5.32 Å². The number of imidazole rings is 1. The standard InChI is InChI=1S/C20H21N5O2/c26-19(22-13-18-23-16-3-1-2-4-17(16)24-18)14-7-11-25(12-8-14)20(27)15-5-9-21-10-6-15/h1-6,9-10,14H,7-8,11-13H2,(H,22,26)(H,23,24). The van der Waals surface area contributed by atoms with Gasteiger partial charge in [-0.05, 0) is 37.1 Å². The molecule has 1 aromatic carbocycles. The second kappa shape index (κ2) is 7.57. The van der Waals surface area contributed by atoms with Crippen LogP contribution in [0.15, 0.2) is 48.8 Å². The van der Waals surface area contributed by atoms with Crippen molar-refractivity contribution in [3.05, 3.63) is 60.2 Å². The van der Waals surface area contributed by atoms with Gasteiger partial charge in [0, 0.05) is 37.0 Å². The molecule has 138 valence electrons. The van der Waals surface area contributed by atoms with Gasteiger partial charge < -0.3 is 15.2 Å². The largest absolute Gasteiger partial charge is 0.349 e. The summed E-state index contributed by atoms with van der Waals surface area (Å²) < 4.78 is 0. The fraction of sp³-hybridized carbons (Fsp3) is 0.300. The molecule has 2 aromatic heterocycles. The smallest absolute Gasteiger partial charge is 0.253 e. The summed E-state index contributed by atoms with van der Waals surface area (Å²) >= 11 is 0. The first kappa shape index (κ1) is 17.2. The number of aromatic amines is 1. The van der Waals surface area contributed by atoms with Gasteiger partial charge in [0.1, 0.15) is 5.82 Å². The van der Waals surface area contributed by atoms with E-state index >= 15 is 0 Å². The first-order valence-corrected chi connectivity index (χ1v) is 9.11. The minimum absolute atomic E-state index is 0.00136. The van der Waals surface area contributed by atoms with Crippen molar-refractivity contribution in [1.82, 2.24) is 25.2 Å². The third kappa shape index (κ3) is 3.81. The molecule has 0 spiro atoms. The number of likely N-dealkylation sites (tertiary alicyclic amines) is 1. The molecule has 0 saturated carbocycles. The zero-order chi connectivity index (χ0) is 18.6. The Kier molecular flexibility index (Phi) is 4.82. The van der Waals surface area contributed by atoms with E-state index in [0.29, 0.717) is 38.0 Å². The van der Waals surface area contributed by atoms with Gasteiger partial charge in [0.2, 0.25) is 5.91 Å². The monoisotopic (exact) mass is 363 g/mol. The number of carbonyl (C=O) groups excluding carboxylic acids is 2. The third-order valence-corrected chi connectivity index (χ3v) is 4.95. The Morgan fingerprint density at radius 1 is 1.11 bits per heavy atom. The highest BCUT2D eigenvalue weighted by molar-refractivity contribution is 5.94. The van der Waals surface area contributed by atoms with Crippen LogP contribution in [-0.4, -0.2) is 44.8 Å². The van der Waals surface area contributed by atoms with Crippen molar-refractivity contribution in [2.45, 2.75) is 19.4 Å². The van der Waals surface area contributed by atoms with E-state index in [4.69, 9.17) is 0 Å². The summed E-state index contributed by atoms with van der Waals surface area (Å²) in [4.78, 5) is 38.3. The highest BCUT2D eigenvalue weighted by atomic mass is 16.2. The highest BCUT2D eigenvalue weighted by Gasteiger charge is 2.27. The summed E-state index contributed by atoms with van der Waals surface area (Å²) in [5.41, 5.74) is 2.49. The van der Waals surface area contributed by atoms with Gasteiger partial charge in [-0.2, -0.15) is 0 Å². The fourth-order valence-electron chi connectivity index (χ4n) is 3.43. The van der Waals surface area contributed by atoms with Crippen LogP contribution in [0, 0.1) is 5.92 Å². The predicted octanol–water partition coefficient (Wildman–Crippen LogP) is 2.13. The molecule has 1 aliphatic heterocycles. The summed E-state index contributed by atoms with van der Waals surface area (Å²) in [6, 6.07) is 11.2. The normalized spacial score (nSPS) is 15.0.